The molecule has 1 atom stereocenters. The quantitative estimate of drug-likeness (QED) is 0.709. The zero-order chi connectivity index (χ0) is 21.9. The van der Waals surface area contributed by atoms with Crippen LogP contribution in [0.2, 0.25) is 0 Å². The number of fused-ring (bicyclic) bond motifs is 1. The summed E-state index contributed by atoms with van der Waals surface area (Å²) in [5, 5.41) is 0. The van der Waals surface area contributed by atoms with Gasteiger partial charge in [0.15, 0.2) is 0 Å². The Kier molecular flexibility index (Phi) is 6.03. The number of benzene rings is 1. The third-order valence-corrected chi connectivity index (χ3v) is 6.37. The van der Waals surface area contributed by atoms with Crippen molar-refractivity contribution in [3.05, 3.63) is 36.5 Å². The minimum Gasteiger partial charge on any atom is -0.490 e. The maximum absolute atomic E-state index is 12.8. The van der Waals surface area contributed by atoms with E-state index in [-0.39, 0.29) is 17.9 Å². The number of rotatable bonds is 5. The van der Waals surface area contributed by atoms with Gasteiger partial charge < -0.3 is 28.7 Å². The van der Waals surface area contributed by atoms with Crippen LogP contribution in [0.4, 0.5) is 11.4 Å². The van der Waals surface area contributed by atoms with E-state index in [0.29, 0.717) is 32.2 Å². The van der Waals surface area contributed by atoms with Crippen LogP contribution in [0, 0.1) is 5.92 Å². The summed E-state index contributed by atoms with van der Waals surface area (Å²) in [7, 11) is 1.61. The van der Waals surface area contributed by atoms with Gasteiger partial charge in [-0.1, -0.05) is 0 Å². The molecule has 1 aromatic carbocycles. The maximum Gasteiger partial charge on any atom is 0.225 e. The molecule has 8 heteroatoms. The molecule has 0 spiro atoms. The first-order valence-electron chi connectivity index (χ1n) is 11.3. The zero-order valence-electron chi connectivity index (χ0n) is 18.4. The summed E-state index contributed by atoms with van der Waals surface area (Å²) in [6.45, 7) is 4.07. The molecular weight excluding hydrogens is 410 g/mol. The highest BCUT2D eigenvalue weighted by atomic mass is 16.5. The van der Waals surface area contributed by atoms with Crippen molar-refractivity contribution in [1.82, 2.24) is 9.88 Å². The number of anilines is 2. The van der Waals surface area contributed by atoms with Gasteiger partial charge in [0.2, 0.25) is 11.8 Å². The first-order chi connectivity index (χ1) is 15.7. The van der Waals surface area contributed by atoms with Crippen molar-refractivity contribution in [2.24, 2.45) is 5.92 Å². The fourth-order valence-corrected chi connectivity index (χ4v) is 4.61. The lowest BCUT2D eigenvalue weighted by Crippen LogP contribution is -2.38. The lowest BCUT2D eigenvalue weighted by molar-refractivity contribution is -0.137. The lowest BCUT2D eigenvalue weighted by Gasteiger charge is -2.31. The van der Waals surface area contributed by atoms with Gasteiger partial charge in [0.05, 0.1) is 37.8 Å². The Morgan fingerprint density at radius 1 is 1.09 bits per heavy atom. The Hall–Kier alpha value is -3.00. The van der Waals surface area contributed by atoms with E-state index in [2.05, 4.69) is 9.88 Å². The highest BCUT2D eigenvalue weighted by Gasteiger charge is 2.33. The van der Waals surface area contributed by atoms with Crippen molar-refractivity contribution in [3.63, 3.8) is 0 Å². The maximum atomic E-state index is 12.8. The van der Waals surface area contributed by atoms with Crippen LogP contribution < -0.4 is 19.1 Å². The molecule has 0 bridgehead atoms. The molecule has 32 heavy (non-hydrogen) atoms. The number of carbonyl (C=O) groups is 1. The fraction of sp³-hybridized carbons (Fsp3) is 0.500. The molecule has 2 aromatic rings. The van der Waals surface area contributed by atoms with Crippen LogP contribution in [0.15, 0.2) is 36.5 Å². The van der Waals surface area contributed by atoms with E-state index < -0.39 is 0 Å². The third kappa shape index (κ3) is 4.32. The van der Waals surface area contributed by atoms with Gasteiger partial charge in [-0.3, -0.25) is 4.79 Å². The Bertz CT molecular complexity index is 945. The standard InChI is InChI=1S/C24H29N3O5/c1-29-23-5-2-18(15-25-23)27-10-13-31-22-4-3-19(14-21(22)27)32-20-6-9-26(16-20)24(28)17-7-11-30-12-8-17/h2-5,14-15,17,20H,6-13,16H2,1H3. The molecule has 0 N–H and O–H groups in total. The fourth-order valence-electron chi connectivity index (χ4n) is 4.61. The van der Waals surface area contributed by atoms with E-state index in [1.807, 2.05) is 35.2 Å². The average molecular weight is 440 g/mol. The summed E-state index contributed by atoms with van der Waals surface area (Å²) in [5.74, 6) is 2.53. The van der Waals surface area contributed by atoms with Gasteiger partial charge in [-0.25, -0.2) is 4.98 Å². The second-order valence-corrected chi connectivity index (χ2v) is 8.39. The monoisotopic (exact) mass is 439 g/mol. The highest BCUT2D eigenvalue weighted by molar-refractivity contribution is 5.79. The van der Waals surface area contributed by atoms with Crippen molar-refractivity contribution in [3.8, 4) is 17.4 Å². The molecule has 170 valence electrons. The van der Waals surface area contributed by atoms with Crippen LogP contribution in [0.1, 0.15) is 19.3 Å². The zero-order valence-corrected chi connectivity index (χ0v) is 18.4. The van der Waals surface area contributed by atoms with Gasteiger partial charge in [0.1, 0.15) is 24.2 Å². The largest absolute Gasteiger partial charge is 0.490 e. The number of amides is 1. The molecule has 4 heterocycles. The number of nitrogens with zero attached hydrogens (tertiary/aromatic N) is 3. The Balaban J connectivity index is 1.27. The summed E-state index contributed by atoms with van der Waals surface area (Å²) in [6, 6.07) is 9.76. The number of hydrogen-bond donors (Lipinski definition) is 0. The molecule has 5 rings (SSSR count). The van der Waals surface area contributed by atoms with Crippen LogP contribution in [-0.4, -0.2) is 68.5 Å². The second-order valence-electron chi connectivity index (χ2n) is 8.39. The van der Waals surface area contributed by atoms with E-state index in [0.717, 1.165) is 55.2 Å². The van der Waals surface area contributed by atoms with Crippen molar-refractivity contribution in [1.29, 1.82) is 0 Å². The number of pyridine rings is 1. The van der Waals surface area contributed by atoms with Gasteiger partial charge in [-0.15, -0.1) is 0 Å². The van der Waals surface area contributed by atoms with E-state index in [1.165, 1.54) is 0 Å². The Morgan fingerprint density at radius 3 is 2.75 bits per heavy atom. The third-order valence-electron chi connectivity index (χ3n) is 6.37. The molecule has 3 aliphatic heterocycles. The average Bonchev–Trinajstić information content (AvgIpc) is 3.32. The predicted molar refractivity (Wildman–Crippen MR) is 119 cm³/mol. The normalized spacial score (nSPS) is 21.1. The van der Waals surface area contributed by atoms with Gasteiger partial charge >= 0.3 is 0 Å². The Labute approximate surface area is 188 Å². The number of carbonyl (C=O) groups excluding carboxylic acids is 1. The van der Waals surface area contributed by atoms with E-state index in [9.17, 15) is 4.79 Å². The first-order valence-corrected chi connectivity index (χ1v) is 11.3. The van der Waals surface area contributed by atoms with Gasteiger partial charge in [0, 0.05) is 44.2 Å². The molecule has 0 radical (unpaired) electrons. The molecule has 1 aromatic heterocycles. The topological polar surface area (TPSA) is 73.4 Å². The molecule has 0 aliphatic carbocycles. The van der Waals surface area contributed by atoms with Crippen LogP contribution in [0.25, 0.3) is 0 Å². The van der Waals surface area contributed by atoms with Crippen LogP contribution in [0.5, 0.6) is 17.4 Å². The number of hydrogen-bond acceptors (Lipinski definition) is 7. The molecule has 1 amide bonds. The molecule has 3 aliphatic rings. The van der Waals surface area contributed by atoms with Gasteiger partial charge in [-0.2, -0.15) is 0 Å². The van der Waals surface area contributed by atoms with Crippen molar-refractivity contribution < 1.29 is 23.7 Å². The van der Waals surface area contributed by atoms with E-state index in [4.69, 9.17) is 18.9 Å². The predicted octanol–water partition coefficient (Wildman–Crippen LogP) is 3.03. The van der Waals surface area contributed by atoms with Gasteiger partial charge in [-0.05, 0) is 31.0 Å². The van der Waals surface area contributed by atoms with Crippen molar-refractivity contribution in [2.45, 2.75) is 25.4 Å². The summed E-state index contributed by atoms with van der Waals surface area (Å²) in [4.78, 5) is 21.3. The van der Waals surface area contributed by atoms with Crippen LogP contribution in [0.3, 0.4) is 0 Å². The van der Waals surface area contributed by atoms with E-state index >= 15 is 0 Å². The highest BCUT2D eigenvalue weighted by Crippen LogP contribution is 2.39. The SMILES string of the molecule is COc1ccc(N2CCOc3ccc(OC4CCN(C(=O)C5CCOCC5)C4)cc32)cn1. The minimum atomic E-state index is -0.00236. The minimum absolute atomic E-state index is 0.00236. The van der Waals surface area contributed by atoms with Crippen molar-refractivity contribution >= 4 is 17.3 Å². The molecule has 0 saturated carbocycles. The first kappa shape index (κ1) is 20.9. The molecule has 2 fully saturated rings. The van der Waals surface area contributed by atoms with E-state index in [1.54, 1.807) is 13.3 Å². The second kappa shape index (κ2) is 9.24. The molecule has 2 saturated heterocycles. The number of aromatic nitrogens is 1. The molecule has 8 nitrogen and oxygen atoms in total. The summed E-state index contributed by atoms with van der Waals surface area (Å²) in [6.07, 6.45) is 4.29. The Morgan fingerprint density at radius 2 is 1.97 bits per heavy atom. The van der Waals surface area contributed by atoms with Crippen molar-refractivity contribution in [2.75, 3.05) is 51.5 Å². The number of methoxy groups -OCH3 is 1. The molecule has 1 unspecified atom stereocenters. The molecular formula is C24H29N3O5. The van der Waals surface area contributed by atoms with Crippen LogP contribution >= 0.6 is 0 Å². The number of likely N-dealkylation sites (tertiary alicyclic amines) is 1. The lowest BCUT2D eigenvalue weighted by atomic mass is 9.99. The van der Waals surface area contributed by atoms with Crippen LogP contribution in [-0.2, 0) is 9.53 Å². The number of ether oxygens (including phenoxy) is 4. The van der Waals surface area contributed by atoms with Gasteiger partial charge in [0.25, 0.3) is 0 Å². The smallest absolute Gasteiger partial charge is 0.225 e. The summed E-state index contributed by atoms with van der Waals surface area (Å²) < 4.78 is 22.7. The summed E-state index contributed by atoms with van der Waals surface area (Å²) >= 11 is 0. The summed E-state index contributed by atoms with van der Waals surface area (Å²) in [5.41, 5.74) is 1.93.